The molecule has 0 bridgehead atoms. The van der Waals surface area contributed by atoms with Crippen molar-refractivity contribution in [1.82, 2.24) is 29.5 Å². The first kappa shape index (κ1) is 23.8. The number of carbonyl (C=O) groups excluding carboxylic acids is 1. The van der Waals surface area contributed by atoms with Gasteiger partial charge in [-0.3, -0.25) is 29.2 Å². The molecular formula is C29H38N6O. The second-order valence-corrected chi connectivity index (χ2v) is 11.0. The number of aryl methyl sites for hydroxylation is 1. The molecule has 0 spiro atoms. The molecule has 3 aromatic rings. The number of aromatic nitrogens is 3. The lowest BCUT2D eigenvalue weighted by molar-refractivity contribution is -0.120. The molecule has 0 amide bonds. The van der Waals surface area contributed by atoms with Crippen LogP contribution in [-0.2, 0) is 24.8 Å². The van der Waals surface area contributed by atoms with Crippen LogP contribution in [-0.4, -0.2) is 87.1 Å². The lowest BCUT2D eigenvalue weighted by Gasteiger charge is -2.34. The molecule has 0 atom stereocenters. The van der Waals surface area contributed by atoms with Gasteiger partial charge in [0.1, 0.15) is 0 Å². The summed E-state index contributed by atoms with van der Waals surface area (Å²) in [7, 11) is 2.04. The third kappa shape index (κ3) is 5.38. The molecule has 1 aromatic carbocycles. The van der Waals surface area contributed by atoms with Gasteiger partial charge in [-0.05, 0) is 61.9 Å². The fourth-order valence-corrected chi connectivity index (χ4v) is 5.91. The van der Waals surface area contributed by atoms with E-state index in [0.29, 0.717) is 13.0 Å². The highest BCUT2D eigenvalue weighted by atomic mass is 16.1. The average molecular weight is 487 g/mol. The molecule has 1 aliphatic carbocycles. The molecule has 2 aliphatic heterocycles. The number of rotatable bonds is 8. The maximum atomic E-state index is 12.9. The van der Waals surface area contributed by atoms with Crippen molar-refractivity contribution < 1.29 is 4.79 Å². The van der Waals surface area contributed by atoms with E-state index in [4.69, 9.17) is 0 Å². The van der Waals surface area contributed by atoms with Crippen LogP contribution in [0.3, 0.4) is 0 Å². The Hall–Kier alpha value is -2.61. The fourth-order valence-electron chi connectivity index (χ4n) is 5.91. The van der Waals surface area contributed by atoms with Crippen molar-refractivity contribution in [3.63, 3.8) is 0 Å². The summed E-state index contributed by atoms with van der Waals surface area (Å²) in [6.45, 7) is 8.02. The summed E-state index contributed by atoms with van der Waals surface area (Å²) in [5.41, 5.74) is 4.51. The number of ketones is 1. The minimum Gasteiger partial charge on any atom is -0.298 e. The Morgan fingerprint density at radius 2 is 1.72 bits per heavy atom. The Kier molecular flexibility index (Phi) is 6.87. The molecule has 0 radical (unpaired) electrons. The van der Waals surface area contributed by atoms with Gasteiger partial charge in [-0.1, -0.05) is 18.6 Å². The lowest BCUT2D eigenvalue weighted by Crippen LogP contribution is -2.48. The molecule has 6 rings (SSSR count). The van der Waals surface area contributed by atoms with E-state index >= 15 is 0 Å². The summed E-state index contributed by atoms with van der Waals surface area (Å²) >= 11 is 0. The zero-order valence-electron chi connectivity index (χ0n) is 21.5. The highest BCUT2D eigenvalue weighted by molar-refractivity contribution is 5.89. The Balaban J connectivity index is 1.14. The third-order valence-corrected chi connectivity index (χ3v) is 8.22. The molecule has 2 aromatic heterocycles. The monoisotopic (exact) mass is 486 g/mol. The fraction of sp³-hybridized carbons (Fsp3) is 0.552. The Labute approximate surface area is 214 Å². The van der Waals surface area contributed by atoms with Crippen molar-refractivity contribution in [3.05, 3.63) is 48.0 Å². The van der Waals surface area contributed by atoms with E-state index in [1.807, 2.05) is 24.1 Å². The predicted molar refractivity (Wildman–Crippen MR) is 143 cm³/mol. The first-order valence-electron chi connectivity index (χ1n) is 13.7. The quantitative estimate of drug-likeness (QED) is 0.486. The predicted octanol–water partition coefficient (Wildman–Crippen LogP) is 3.51. The third-order valence-electron chi connectivity index (χ3n) is 8.22. The number of hydrogen-bond acceptors (Lipinski definition) is 6. The van der Waals surface area contributed by atoms with Crippen molar-refractivity contribution in [1.29, 1.82) is 0 Å². The lowest BCUT2D eigenvalue weighted by atomic mass is 10.0. The van der Waals surface area contributed by atoms with Gasteiger partial charge in [0.25, 0.3) is 0 Å². The smallest absolute Gasteiger partial charge is 0.152 e. The summed E-state index contributed by atoms with van der Waals surface area (Å²) in [6, 6.07) is 9.47. The van der Waals surface area contributed by atoms with Crippen LogP contribution in [0.1, 0.15) is 43.5 Å². The van der Waals surface area contributed by atoms with E-state index in [0.717, 1.165) is 55.2 Å². The van der Waals surface area contributed by atoms with Crippen LogP contribution in [0.25, 0.3) is 21.9 Å². The molecule has 36 heavy (non-hydrogen) atoms. The minimum absolute atomic E-state index is 0.258. The van der Waals surface area contributed by atoms with Crippen LogP contribution in [0.15, 0.2) is 36.7 Å². The molecule has 7 nitrogen and oxygen atoms in total. The topological polar surface area (TPSA) is 57.5 Å². The first-order valence-corrected chi connectivity index (χ1v) is 13.7. The van der Waals surface area contributed by atoms with Gasteiger partial charge in [0, 0.05) is 68.7 Å². The number of Topliss-reactive ketones (excluding diaryl/α,β-unsaturated/α-hetero) is 1. The maximum absolute atomic E-state index is 12.9. The van der Waals surface area contributed by atoms with Crippen molar-refractivity contribution in [2.45, 2.75) is 51.1 Å². The SMILES string of the molecule is Cn1ncc(-c2ccc3cnc(CC(=O)CN4CCN(C5CC5)CC4)cc3c2)c1CN1CCCCC1. The van der Waals surface area contributed by atoms with Crippen LogP contribution >= 0.6 is 0 Å². The number of piperidine rings is 1. The first-order chi connectivity index (χ1) is 17.6. The summed E-state index contributed by atoms with van der Waals surface area (Å²) in [6.07, 6.45) is 10.9. The summed E-state index contributed by atoms with van der Waals surface area (Å²) in [5.74, 6) is 0.258. The van der Waals surface area contributed by atoms with Gasteiger partial charge >= 0.3 is 0 Å². The molecule has 7 heteroatoms. The molecule has 2 saturated heterocycles. The standard InChI is InChI=1S/C29H38N6O/c1-32-29(21-33-9-3-2-4-10-33)28(19-31-32)22-5-6-23-18-30-25(16-24(23)15-22)17-27(36)20-34-11-13-35(14-12-34)26-7-8-26/h5-6,15-16,18-19,26H,2-4,7-14,17,20-21H2,1H3. The van der Waals surface area contributed by atoms with E-state index in [2.05, 4.69) is 49.0 Å². The second kappa shape index (κ2) is 10.4. The van der Waals surface area contributed by atoms with Crippen molar-refractivity contribution >= 4 is 16.6 Å². The van der Waals surface area contributed by atoms with Gasteiger partial charge in [-0.2, -0.15) is 5.10 Å². The van der Waals surface area contributed by atoms with Crippen LogP contribution in [0, 0.1) is 0 Å². The molecular weight excluding hydrogens is 448 g/mol. The normalized spacial score (nSPS) is 20.2. The van der Waals surface area contributed by atoms with Gasteiger partial charge in [0.05, 0.1) is 24.9 Å². The average Bonchev–Trinajstić information content (AvgIpc) is 3.68. The van der Waals surface area contributed by atoms with E-state index in [1.165, 1.54) is 62.0 Å². The van der Waals surface area contributed by atoms with Gasteiger partial charge < -0.3 is 0 Å². The molecule has 1 saturated carbocycles. The Morgan fingerprint density at radius 3 is 2.50 bits per heavy atom. The van der Waals surface area contributed by atoms with E-state index in [1.54, 1.807) is 0 Å². The number of carbonyl (C=O) groups is 1. The summed E-state index contributed by atoms with van der Waals surface area (Å²) in [5, 5.41) is 6.83. The van der Waals surface area contributed by atoms with Crippen LogP contribution in [0.4, 0.5) is 0 Å². The molecule has 3 fully saturated rings. The molecule has 4 heterocycles. The molecule has 0 N–H and O–H groups in total. The van der Waals surface area contributed by atoms with Gasteiger partial charge in [0.2, 0.25) is 0 Å². The molecule has 0 unspecified atom stereocenters. The number of likely N-dealkylation sites (tertiary alicyclic amines) is 1. The molecule has 190 valence electrons. The Bertz CT molecular complexity index is 1220. The van der Waals surface area contributed by atoms with Crippen LogP contribution in [0.5, 0.6) is 0 Å². The minimum atomic E-state index is 0.258. The van der Waals surface area contributed by atoms with Gasteiger partial charge in [0.15, 0.2) is 5.78 Å². The largest absolute Gasteiger partial charge is 0.298 e. The number of nitrogens with zero attached hydrogens (tertiary/aromatic N) is 6. The van der Waals surface area contributed by atoms with E-state index in [-0.39, 0.29) is 5.78 Å². The van der Waals surface area contributed by atoms with Crippen LogP contribution < -0.4 is 0 Å². The van der Waals surface area contributed by atoms with E-state index < -0.39 is 0 Å². The highest BCUT2D eigenvalue weighted by Crippen LogP contribution is 2.29. The van der Waals surface area contributed by atoms with E-state index in [9.17, 15) is 4.79 Å². The Morgan fingerprint density at radius 1 is 0.917 bits per heavy atom. The number of pyridine rings is 1. The van der Waals surface area contributed by atoms with Crippen molar-refractivity contribution in [3.8, 4) is 11.1 Å². The summed E-state index contributed by atoms with van der Waals surface area (Å²) in [4.78, 5) is 24.9. The highest BCUT2D eigenvalue weighted by Gasteiger charge is 2.31. The maximum Gasteiger partial charge on any atom is 0.152 e. The number of piperazine rings is 1. The summed E-state index contributed by atoms with van der Waals surface area (Å²) < 4.78 is 2.02. The van der Waals surface area contributed by atoms with Crippen molar-refractivity contribution in [2.24, 2.45) is 7.05 Å². The number of fused-ring (bicyclic) bond motifs is 1. The number of hydrogen-bond donors (Lipinski definition) is 0. The number of benzene rings is 1. The zero-order chi connectivity index (χ0) is 24.5. The van der Waals surface area contributed by atoms with Gasteiger partial charge in [-0.25, -0.2) is 0 Å². The van der Waals surface area contributed by atoms with Crippen LogP contribution in [0.2, 0.25) is 0 Å². The zero-order valence-corrected chi connectivity index (χ0v) is 21.5. The van der Waals surface area contributed by atoms with Crippen molar-refractivity contribution in [2.75, 3.05) is 45.8 Å². The second-order valence-electron chi connectivity index (χ2n) is 11.0. The van der Waals surface area contributed by atoms with Gasteiger partial charge in [-0.15, -0.1) is 0 Å². The molecule has 3 aliphatic rings.